The molecular weight excluding hydrogens is 325 g/mol. The summed E-state index contributed by atoms with van der Waals surface area (Å²) in [4.78, 5) is 23.2. The molecule has 0 atom stereocenters. The molecule has 0 bridgehead atoms. The number of sulfonamides is 1. The molecule has 0 saturated heterocycles. The molecule has 0 aliphatic carbocycles. The molecule has 0 heterocycles. The SMILES string of the molecule is CC(C)NC(=O)CNC(=O)c1cc(S(=O)(=O)N(C)C)ccc1F. The van der Waals surface area contributed by atoms with Gasteiger partial charge in [-0.05, 0) is 32.0 Å². The molecule has 0 aromatic heterocycles. The summed E-state index contributed by atoms with van der Waals surface area (Å²) >= 11 is 0. The predicted octanol–water partition coefficient (Wildman–Crippen LogP) is 0.330. The summed E-state index contributed by atoms with van der Waals surface area (Å²) in [6, 6.07) is 2.83. The lowest BCUT2D eigenvalue weighted by Crippen LogP contribution is -2.40. The fraction of sp³-hybridized carbons (Fsp3) is 0.429. The second-order valence-electron chi connectivity index (χ2n) is 5.33. The zero-order chi connectivity index (χ0) is 17.8. The number of nitrogens with zero attached hydrogens (tertiary/aromatic N) is 1. The number of hydrogen-bond donors (Lipinski definition) is 2. The molecule has 0 fully saturated rings. The van der Waals surface area contributed by atoms with Crippen molar-refractivity contribution in [3.8, 4) is 0 Å². The van der Waals surface area contributed by atoms with E-state index in [4.69, 9.17) is 0 Å². The number of rotatable bonds is 6. The van der Waals surface area contributed by atoms with Crippen molar-refractivity contribution in [3.05, 3.63) is 29.6 Å². The lowest BCUT2D eigenvalue weighted by atomic mass is 10.2. The zero-order valence-corrected chi connectivity index (χ0v) is 14.2. The fourth-order valence-corrected chi connectivity index (χ4v) is 2.61. The summed E-state index contributed by atoms with van der Waals surface area (Å²) in [5.41, 5.74) is -0.440. The van der Waals surface area contributed by atoms with Gasteiger partial charge in [-0.1, -0.05) is 0 Å². The van der Waals surface area contributed by atoms with Crippen LogP contribution < -0.4 is 10.6 Å². The Labute approximate surface area is 134 Å². The molecule has 0 aliphatic rings. The van der Waals surface area contributed by atoms with Crippen LogP contribution in [0.2, 0.25) is 0 Å². The van der Waals surface area contributed by atoms with Crippen LogP contribution in [-0.4, -0.2) is 51.2 Å². The molecule has 2 N–H and O–H groups in total. The Hall–Kier alpha value is -2.00. The van der Waals surface area contributed by atoms with Gasteiger partial charge in [0.25, 0.3) is 5.91 Å². The quantitative estimate of drug-likeness (QED) is 0.777. The standard InChI is InChI=1S/C14H20FN3O4S/c1-9(2)17-13(19)8-16-14(20)11-7-10(5-6-12(11)15)23(21,22)18(3)4/h5-7,9H,8H2,1-4H3,(H,16,20)(H,17,19). The first-order valence-corrected chi connectivity index (χ1v) is 8.29. The Morgan fingerprint density at radius 3 is 2.39 bits per heavy atom. The third-order valence-corrected chi connectivity index (χ3v) is 4.63. The Morgan fingerprint density at radius 2 is 1.87 bits per heavy atom. The van der Waals surface area contributed by atoms with E-state index >= 15 is 0 Å². The summed E-state index contributed by atoms with van der Waals surface area (Å²) in [5, 5.41) is 4.82. The number of carbonyl (C=O) groups excluding carboxylic acids is 2. The molecule has 23 heavy (non-hydrogen) atoms. The van der Waals surface area contributed by atoms with Crippen molar-refractivity contribution in [2.45, 2.75) is 24.8 Å². The van der Waals surface area contributed by atoms with Gasteiger partial charge in [-0.25, -0.2) is 17.1 Å². The van der Waals surface area contributed by atoms with Crippen LogP contribution in [0.4, 0.5) is 4.39 Å². The molecule has 0 spiro atoms. The molecule has 1 aromatic carbocycles. The first-order chi connectivity index (χ1) is 10.6. The molecule has 9 heteroatoms. The smallest absolute Gasteiger partial charge is 0.254 e. The van der Waals surface area contributed by atoms with Gasteiger partial charge in [-0.15, -0.1) is 0 Å². The number of amides is 2. The predicted molar refractivity (Wildman–Crippen MR) is 82.9 cm³/mol. The molecule has 1 rings (SSSR count). The summed E-state index contributed by atoms with van der Waals surface area (Å²) < 4.78 is 38.8. The molecule has 7 nitrogen and oxygen atoms in total. The third kappa shape index (κ3) is 5.00. The van der Waals surface area contributed by atoms with Crippen molar-refractivity contribution >= 4 is 21.8 Å². The minimum Gasteiger partial charge on any atom is -0.352 e. The van der Waals surface area contributed by atoms with Gasteiger partial charge in [0.05, 0.1) is 17.0 Å². The second-order valence-corrected chi connectivity index (χ2v) is 7.49. The van der Waals surface area contributed by atoms with E-state index in [1.165, 1.54) is 14.1 Å². The van der Waals surface area contributed by atoms with Crippen LogP contribution in [0.15, 0.2) is 23.1 Å². The van der Waals surface area contributed by atoms with E-state index in [9.17, 15) is 22.4 Å². The monoisotopic (exact) mass is 345 g/mol. The van der Waals surface area contributed by atoms with E-state index in [-0.39, 0.29) is 17.5 Å². The van der Waals surface area contributed by atoms with Gasteiger partial charge in [0.2, 0.25) is 15.9 Å². The second kappa shape index (κ2) is 7.51. The summed E-state index contributed by atoms with van der Waals surface area (Å²) in [6.07, 6.45) is 0. The lowest BCUT2D eigenvalue weighted by molar-refractivity contribution is -0.120. The molecular formula is C14H20FN3O4S. The van der Waals surface area contributed by atoms with Crippen LogP contribution in [0, 0.1) is 5.82 Å². The Bertz CT molecular complexity index is 702. The van der Waals surface area contributed by atoms with Crippen LogP contribution in [0.3, 0.4) is 0 Å². The zero-order valence-electron chi connectivity index (χ0n) is 13.4. The van der Waals surface area contributed by atoms with Gasteiger partial charge in [-0.2, -0.15) is 0 Å². The van der Waals surface area contributed by atoms with Gasteiger partial charge < -0.3 is 10.6 Å². The van der Waals surface area contributed by atoms with Crippen molar-refractivity contribution in [3.63, 3.8) is 0 Å². The van der Waals surface area contributed by atoms with Crippen molar-refractivity contribution in [1.82, 2.24) is 14.9 Å². The van der Waals surface area contributed by atoms with Gasteiger partial charge in [0.15, 0.2) is 0 Å². The normalized spacial score (nSPS) is 11.6. The summed E-state index contributed by atoms with van der Waals surface area (Å²) in [6.45, 7) is 3.19. The van der Waals surface area contributed by atoms with Crippen LogP contribution in [0.1, 0.15) is 24.2 Å². The highest BCUT2D eigenvalue weighted by Crippen LogP contribution is 2.17. The maximum Gasteiger partial charge on any atom is 0.254 e. The van der Waals surface area contributed by atoms with Crippen LogP contribution in [0.5, 0.6) is 0 Å². The molecule has 0 unspecified atom stereocenters. The fourth-order valence-electron chi connectivity index (χ4n) is 1.68. The highest BCUT2D eigenvalue weighted by Gasteiger charge is 2.21. The Balaban J connectivity index is 2.96. The van der Waals surface area contributed by atoms with E-state index in [0.29, 0.717) is 0 Å². The number of benzene rings is 1. The number of nitrogens with one attached hydrogen (secondary N) is 2. The van der Waals surface area contributed by atoms with Crippen molar-refractivity contribution < 1.29 is 22.4 Å². The largest absolute Gasteiger partial charge is 0.352 e. The van der Waals surface area contributed by atoms with Crippen molar-refractivity contribution in [2.75, 3.05) is 20.6 Å². The minimum atomic E-state index is -3.79. The maximum absolute atomic E-state index is 13.8. The van der Waals surface area contributed by atoms with Crippen molar-refractivity contribution in [2.24, 2.45) is 0 Å². The third-order valence-electron chi connectivity index (χ3n) is 2.82. The molecule has 128 valence electrons. The molecule has 0 saturated carbocycles. The van der Waals surface area contributed by atoms with E-state index in [0.717, 1.165) is 22.5 Å². The van der Waals surface area contributed by atoms with Crippen LogP contribution in [0.25, 0.3) is 0 Å². The van der Waals surface area contributed by atoms with Gasteiger partial charge in [0.1, 0.15) is 5.82 Å². The number of hydrogen-bond acceptors (Lipinski definition) is 4. The molecule has 1 aromatic rings. The average molecular weight is 345 g/mol. The first kappa shape index (κ1) is 19.0. The van der Waals surface area contributed by atoms with Crippen LogP contribution in [-0.2, 0) is 14.8 Å². The first-order valence-electron chi connectivity index (χ1n) is 6.85. The van der Waals surface area contributed by atoms with Gasteiger partial charge in [0, 0.05) is 20.1 Å². The lowest BCUT2D eigenvalue weighted by Gasteiger charge is -2.13. The Morgan fingerprint density at radius 1 is 1.26 bits per heavy atom. The average Bonchev–Trinajstić information content (AvgIpc) is 2.44. The molecule has 0 aliphatic heterocycles. The Kier molecular flexibility index (Phi) is 6.22. The van der Waals surface area contributed by atoms with Gasteiger partial charge in [-0.3, -0.25) is 9.59 Å². The van der Waals surface area contributed by atoms with E-state index in [2.05, 4.69) is 10.6 Å². The van der Waals surface area contributed by atoms with Crippen LogP contribution >= 0.6 is 0 Å². The molecule has 2 amide bonds. The highest BCUT2D eigenvalue weighted by atomic mass is 32.2. The number of carbonyl (C=O) groups is 2. The van der Waals surface area contributed by atoms with Crippen molar-refractivity contribution in [1.29, 1.82) is 0 Å². The summed E-state index contributed by atoms with van der Waals surface area (Å²) in [5.74, 6) is -2.16. The van der Waals surface area contributed by atoms with Gasteiger partial charge >= 0.3 is 0 Å². The topological polar surface area (TPSA) is 95.6 Å². The van der Waals surface area contributed by atoms with E-state index in [1.54, 1.807) is 13.8 Å². The highest BCUT2D eigenvalue weighted by molar-refractivity contribution is 7.89. The maximum atomic E-state index is 13.8. The molecule has 0 radical (unpaired) electrons. The summed E-state index contributed by atoms with van der Waals surface area (Å²) in [7, 11) is -1.13. The number of halogens is 1. The van der Waals surface area contributed by atoms with E-state index in [1.807, 2.05) is 0 Å². The minimum absolute atomic E-state index is 0.0929. The van der Waals surface area contributed by atoms with E-state index < -0.39 is 33.2 Å².